The van der Waals surface area contributed by atoms with E-state index in [1.807, 2.05) is 0 Å². The minimum absolute atomic E-state index is 0.264. The van der Waals surface area contributed by atoms with Gasteiger partial charge < -0.3 is 19.9 Å². The molecule has 8 nitrogen and oxygen atoms in total. The first-order valence-corrected chi connectivity index (χ1v) is 4.17. The van der Waals surface area contributed by atoms with E-state index in [0.717, 1.165) is 0 Å². The SMILES string of the molecule is CN(C)c1nc(N(C)C)nc([N+](=O)[O-])n1. The van der Waals surface area contributed by atoms with Gasteiger partial charge in [0.25, 0.3) is 0 Å². The molecule has 1 aromatic rings. The fourth-order valence-electron chi connectivity index (χ4n) is 0.825. The highest BCUT2D eigenvalue weighted by Crippen LogP contribution is 2.14. The molecular weight excluding hydrogens is 200 g/mol. The van der Waals surface area contributed by atoms with Crippen LogP contribution in [0, 0.1) is 10.1 Å². The highest BCUT2D eigenvalue weighted by molar-refractivity contribution is 5.39. The van der Waals surface area contributed by atoms with E-state index < -0.39 is 10.9 Å². The molecule has 0 aliphatic heterocycles. The van der Waals surface area contributed by atoms with Crippen LogP contribution in [0.25, 0.3) is 0 Å². The Labute approximate surface area is 86.7 Å². The largest absolute Gasteiger partial charge is 0.475 e. The standard InChI is InChI=1S/C7H12N6O2/c1-11(2)5-8-6(12(3)4)10-7(9-5)13(14)15/h1-4H3. The maximum atomic E-state index is 10.6. The summed E-state index contributed by atoms with van der Waals surface area (Å²) in [6.07, 6.45) is 0. The lowest BCUT2D eigenvalue weighted by Crippen LogP contribution is -2.19. The second-order valence-electron chi connectivity index (χ2n) is 3.28. The fourth-order valence-corrected chi connectivity index (χ4v) is 0.825. The van der Waals surface area contributed by atoms with Crippen molar-refractivity contribution < 1.29 is 4.92 Å². The predicted molar refractivity (Wildman–Crippen MR) is 55.1 cm³/mol. The lowest BCUT2D eigenvalue weighted by Gasteiger charge is -2.10. The highest BCUT2D eigenvalue weighted by atomic mass is 16.6. The predicted octanol–water partition coefficient (Wildman–Crippen LogP) is -0.0882. The minimum atomic E-state index is -0.637. The first-order valence-electron chi connectivity index (χ1n) is 4.17. The van der Waals surface area contributed by atoms with Crippen molar-refractivity contribution in [3.8, 4) is 0 Å². The molecule has 0 saturated heterocycles. The molecule has 0 bridgehead atoms. The van der Waals surface area contributed by atoms with Crippen LogP contribution in [0.15, 0.2) is 0 Å². The van der Waals surface area contributed by atoms with Gasteiger partial charge >= 0.3 is 17.8 Å². The molecule has 0 radical (unpaired) electrons. The van der Waals surface area contributed by atoms with E-state index in [-0.39, 0.29) is 11.9 Å². The van der Waals surface area contributed by atoms with E-state index in [0.29, 0.717) is 0 Å². The van der Waals surface area contributed by atoms with Gasteiger partial charge in [0.2, 0.25) is 0 Å². The summed E-state index contributed by atoms with van der Waals surface area (Å²) < 4.78 is 0. The molecule has 0 aliphatic carbocycles. The summed E-state index contributed by atoms with van der Waals surface area (Å²) in [7, 11) is 6.83. The number of hydrogen-bond donors (Lipinski definition) is 0. The van der Waals surface area contributed by atoms with Gasteiger partial charge in [-0.3, -0.25) is 0 Å². The number of rotatable bonds is 3. The maximum absolute atomic E-state index is 10.6. The molecule has 0 atom stereocenters. The van der Waals surface area contributed by atoms with Crippen LogP contribution < -0.4 is 9.80 Å². The number of nitro groups is 1. The van der Waals surface area contributed by atoms with Gasteiger partial charge in [-0.2, -0.15) is 0 Å². The van der Waals surface area contributed by atoms with Crippen LogP contribution in [-0.2, 0) is 0 Å². The summed E-state index contributed by atoms with van der Waals surface area (Å²) in [6.45, 7) is 0. The molecule has 8 heteroatoms. The molecule has 0 fully saturated rings. The van der Waals surface area contributed by atoms with Crippen LogP contribution in [-0.4, -0.2) is 48.1 Å². The summed E-state index contributed by atoms with van der Waals surface area (Å²) in [5.74, 6) is 0.0817. The van der Waals surface area contributed by atoms with Crippen molar-refractivity contribution in [3.05, 3.63) is 10.1 Å². The average Bonchev–Trinajstić information content (AvgIpc) is 2.16. The molecule has 82 valence electrons. The molecule has 0 unspecified atom stereocenters. The zero-order valence-corrected chi connectivity index (χ0v) is 9.00. The van der Waals surface area contributed by atoms with Crippen LogP contribution >= 0.6 is 0 Å². The van der Waals surface area contributed by atoms with Crippen molar-refractivity contribution in [2.45, 2.75) is 0 Å². The molecule has 15 heavy (non-hydrogen) atoms. The van der Waals surface area contributed by atoms with Crippen molar-refractivity contribution >= 4 is 17.8 Å². The summed E-state index contributed by atoms with van der Waals surface area (Å²) in [5.41, 5.74) is 0. The van der Waals surface area contributed by atoms with Gasteiger partial charge in [-0.1, -0.05) is 0 Å². The first kappa shape index (κ1) is 11.1. The molecule has 0 aromatic carbocycles. The van der Waals surface area contributed by atoms with Gasteiger partial charge in [-0.25, -0.2) is 0 Å². The van der Waals surface area contributed by atoms with Crippen LogP contribution in [0.5, 0.6) is 0 Å². The molecule has 1 rings (SSSR count). The van der Waals surface area contributed by atoms with Crippen LogP contribution in [0.2, 0.25) is 0 Å². The van der Waals surface area contributed by atoms with Crippen molar-refractivity contribution in [2.24, 2.45) is 0 Å². The summed E-state index contributed by atoms with van der Waals surface area (Å²) >= 11 is 0. The second-order valence-corrected chi connectivity index (χ2v) is 3.28. The first-order chi connectivity index (χ1) is 6.91. The van der Waals surface area contributed by atoms with Crippen LogP contribution in [0.3, 0.4) is 0 Å². The second kappa shape index (κ2) is 4.03. The third-order valence-corrected chi connectivity index (χ3v) is 1.56. The van der Waals surface area contributed by atoms with Crippen molar-refractivity contribution in [1.82, 2.24) is 15.0 Å². The molecule has 0 aliphatic rings. The third-order valence-electron chi connectivity index (χ3n) is 1.56. The van der Waals surface area contributed by atoms with Crippen LogP contribution in [0.4, 0.5) is 17.8 Å². The fraction of sp³-hybridized carbons (Fsp3) is 0.571. The molecule has 0 N–H and O–H groups in total. The zero-order valence-electron chi connectivity index (χ0n) is 9.00. The van der Waals surface area contributed by atoms with Crippen molar-refractivity contribution in [2.75, 3.05) is 38.0 Å². The Balaban J connectivity index is 3.26. The lowest BCUT2D eigenvalue weighted by atomic mass is 10.7. The van der Waals surface area contributed by atoms with Gasteiger partial charge in [-0.15, -0.1) is 4.98 Å². The van der Waals surface area contributed by atoms with Gasteiger partial charge in [0.15, 0.2) is 0 Å². The lowest BCUT2D eigenvalue weighted by molar-refractivity contribution is -0.394. The Morgan fingerprint density at radius 1 is 1.00 bits per heavy atom. The monoisotopic (exact) mass is 212 g/mol. The molecule has 0 saturated carbocycles. The quantitative estimate of drug-likeness (QED) is 0.511. The Hall–Kier alpha value is -1.99. The summed E-state index contributed by atoms with van der Waals surface area (Å²) in [5, 5.41) is 10.6. The van der Waals surface area contributed by atoms with E-state index in [1.165, 1.54) is 0 Å². The third kappa shape index (κ3) is 2.48. The molecule has 1 aromatic heterocycles. The number of aromatic nitrogens is 3. The number of nitrogens with zero attached hydrogens (tertiary/aromatic N) is 6. The average molecular weight is 212 g/mol. The molecule has 0 amide bonds. The van der Waals surface area contributed by atoms with Crippen LogP contribution in [0.1, 0.15) is 0 Å². The molecule has 0 spiro atoms. The maximum Gasteiger partial charge on any atom is 0.475 e. The Kier molecular flexibility index (Phi) is 2.98. The normalized spacial score (nSPS) is 9.87. The van der Waals surface area contributed by atoms with Crippen molar-refractivity contribution in [3.63, 3.8) is 0 Å². The molecular formula is C7H12N6O2. The van der Waals surface area contributed by atoms with E-state index in [4.69, 9.17) is 0 Å². The topological polar surface area (TPSA) is 88.3 Å². The smallest absolute Gasteiger partial charge is 0.390 e. The van der Waals surface area contributed by atoms with E-state index in [9.17, 15) is 10.1 Å². The van der Waals surface area contributed by atoms with Crippen molar-refractivity contribution in [1.29, 1.82) is 0 Å². The van der Waals surface area contributed by atoms with E-state index >= 15 is 0 Å². The Morgan fingerprint density at radius 2 is 1.40 bits per heavy atom. The van der Waals surface area contributed by atoms with Gasteiger partial charge in [0.1, 0.15) is 0 Å². The van der Waals surface area contributed by atoms with E-state index in [1.54, 1.807) is 38.0 Å². The highest BCUT2D eigenvalue weighted by Gasteiger charge is 2.19. The zero-order chi connectivity index (χ0) is 11.6. The summed E-state index contributed by atoms with van der Waals surface area (Å²) in [6, 6.07) is 0. The Morgan fingerprint density at radius 3 is 1.67 bits per heavy atom. The van der Waals surface area contributed by atoms with Gasteiger partial charge in [0, 0.05) is 28.2 Å². The Bertz CT molecular complexity index is 351. The number of anilines is 2. The molecule has 1 heterocycles. The van der Waals surface area contributed by atoms with E-state index in [2.05, 4.69) is 15.0 Å². The summed E-state index contributed by atoms with van der Waals surface area (Å²) in [4.78, 5) is 24.5. The minimum Gasteiger partial charge on any atom is -0.390 e. The van der Waals surface area contributed by atoms with Gasteiger partial charge in [-0.05, 0) is 14.9 Å². The number of hydrogen-bond acceptors (Lipinski definition) is 7. The van der Waals surface area contributed by atoms with Gasteiger partial charge in [0.05, 0.1) is 0 Å².